The lowest BCUT2D eigenvalue weighted by Crippen LogP contribution is -2.47. The van der Waals surface area contributed by atoms with Gasteiger partial charge in [-0.25, -0.2) is 0 Å². The predicted molar refractivity (Wildman–Crippen MR) is 79.6 cm³/mol. The highest BCUT2D eigenvalue weighted by Crippen LogP contribution is 1.97. The maximum absolute atomic E-state index is 11.5. The number of hydrogen-bond donors (Lipinski definition) is 5. The molecule has 0 heterocycles. The Labute approximate surface area is 125 Å². The Morgan fingerprint density at radius 2 is 1.86 bits per heavy atom. The van der Waals surface area contributed by atoms with Crippen LogP contribution in [0.3, 0.4) is 0 Å². The molecule has 0 aliphatic heterocycles. The van der Waals surface area contributed by atoms with E-state index in [0.717, 1.165) is 0 Å². The minimum atomic E-state index is -0.599. The van der Waals surface area contributed by atoms with Gasteiger partial charge in [0.05, 0.1) is 32.4 Å². The fraction of sp³-hybridized carbons (Fsp3) is 0.846. The van der Waals surface area contributed by atoms with Crippen molar-refractivity contribution in [2.24, 2.45) is 11.7 Å². The van der Waals surface area contributed by atoms with E-state index >= 15 is 0 Å². The molecular formula is C13H28N4O4. The molecule has 0 bridgehead atoms. The van der Waals surface area contributed by atoms with Crippen molar-refractivity contribution in [2.45, 2.75) is 19.9 Å². The summed E-state index contributed by atoms with van der Waals surface area (Å²) in [5.41, 5.74) is 5.65. The molecule has 8 heteroatoms. The minimum absolute atomic E-state index is 0.0161. The third kappa shape index (κ3) is 11.1. The van der Waals surface area contributed by atoms with Crippen molar-refractivity contribution in [1.29, 1.82) is 0 Å². The van der Waals surface area contributed by atoms with Gasteiger partial charge < -0.3 is 31.5 Å². The van der Waals surface area contributed by atoms with Gasteiger partial charge >= 0.3 is 0 Å². The number of hydrogen-bond acceptors (Lipinski definition) is 6. The maximum atomic E-state index is 11.5. The molecule has 0 aliphatic rings. The van der Waals surface area contributed by atoms with Crippen LogP contribution in [-0.4, -0.2) is 69.0 Å². The van der Waals surface area contributed by atoms with E-state index in [1.807, 2.05) is 13.8 Å². The first-order chi connectivity index (χ1) is 9.99. The number of carbonyl (C=O) groups is 2. The summed E-state index contributed by atoms with van der Waals surface area (Å²) in [6, 6.07) is -0.599. The summed E-state index contributed by atoms with van der Waals surface area (Å²) >= 11 is 0. The lowest BCUT2D eigenvalue weighted by atomic mass is 10.1. The number of aliphatic hydroxyl groups excluding tert-OH is 1. The van der Waals surface area contributed by atoms with Crippen molar-refractivity contribution in [3.63, 3.8) is 0 Å². The second-order valence-corrected chi connectivity index (χ2v) is 4.92. The Morgan fingerprint density at radius 1 is 1.14 bits per heavy atom. The first-order valence-electron chi connectivity index (χ1n) is 7.18. The lowest BCUT2D eigenvalue weighted by Gasteiger charge is -2.15. The highest BCUT2D eigenvalue weighted by atomic mass is 16.5. The van der Waals surface area contributed by atoms with Gasteiger partial charge in [0, 0.05) is 19.6 Å². The monoisotopic (exact) mass is 304 g/mol. The molecule has 0 spiro atoms. The summed E-state index contributed by atoms with van der Waals surface area (Å²) in [6.07, 6.45) is 0. The Balaban J connectivity index is 3.49. The van der Waals surface area contributed by atoms with Gasteiger partial charge in [0.2, 0.25) is 11.8 Å². The van der Waals surface area contributed by atoms with Crippen molar-refractivity contribution < 1.29 is 19.4 Å². The van der Waals surface area contributed by atoms with Crippen molar-refractivity contribution in [1.82, 2.24) is 16.0 Å². The summed E-state index contributed by atoms with van der Waals surface area (Å²) in [7, 11) is 0. The first kappa shape index (κ1) is 19.8. The van der Waals surface area contributed by atoms with Gasteiger partial charge in [0.15, 0.2) is 0 Å². The summed E-state index contributed by atoms with van der Waals surface area (Å²) in [6.45, 7) is 6.20. The van der Waals surface area contributed by atoms with Crippen LogP contribution in [0, 0.1) is 5.92 Å². The largest absolute Gasteiger partial charge is 0.394 e. The summed E-state index contributed by atoms with van der Waals surface area (Å²) < 4.78 is 5.06. The Bertz CT molecular complexity index is 300. The molecule has 0 aromatic heterocycles. The maximum Gasteiger partial charge on any atom is 0.239 e. The van der Waals surface area contributed by atoms with Crippen molar-refractivity contribution >= 4 is 11.8 Å². The topological polar surface area (TPSA) is 126 Å². The first-order valence-corrected chi connectivity index (χ1v) is 7.18. The molecule has 2 amide bonds. The van der Waals surface area contributed by atoms with E-state index in [4.69, 9.17) is 15.6 Å². The predicted octanol–water partition coefficient (Wildman–Crippen LogP) is -2.20. The van der Waals surface area contributed by atoms with Gasteiger partial charge in [-0.05, 0) is 5.92 Å². The second-order valence-electron chi connectivity index (χ2n) is 4.92. The zero-order valence-electron chi connectivity index (χ0n) is 12.9. The zero-order valence-corrected chi connectivity index (χ0v) is 12.9. The highest BCUT2D eigenvalue weighted by molar-refractivity contribution is 5.87. The minimum Gasteiger partial charge on any atom is -0.394 e. The summed E-state index contributed by atoms with van der Waals surface area (Å²) in [5.74, 6) is -0.540. The number of nitrogens with two attached hydrogens (primary N) is 1. The Kier molecular flexibility index (Phi) is 11.8. The fourth-order valence-corrected chi connectivity index (χ4v) is 1.38. The summed E-state index contributed by atoms with van der Waals surface area (Å²) in [4.78, 5) is 23.0. The molecule has 0 fully saturated rings. The average molecular weight is 304 g/mol. The van der Waals surface area contributed by atoms with E-state index in [9.17, 15) is 9.59 Å². The van der Waals surface area contributed by atoms with Crippen molar-refractivity contribution in [3.8, 4) is 0 Å². The molecule has 0 rings (SSSR count). The van der Waals surface area contributed by atoms with Gasteiger partial charge in [-0.2, -0.15) is 0 Å². The number of nitrogens with one attached hydrogen (secondary N) is 3. The van der Waals surface area contributed by atoms with Crippen LogP contribution >= 0.6 is 0 Å². The quantitative estimate of drug-likeness (QED) is 0.261. The Hall–Kier alpha value is -1.22. The second kappa shape index (κ2) is 12.5. The van der Waals surface area contributed by atoms with Crippen LogP contribution in [-0.2, 0) is 14.3 Å². The molecule has 0 aliphatic carbocycles. The van der Waals surface area contributed by atoms with Crippen LogP contribution in [0.25, 0.3) is 0 Å². The smallest absolute Gasteiger partial charge is 0.239 e. The van der Waals surface area contributed by atoms with E-state index in [-0.39, 0.29) is 30.9 Å². The third-order valence-corrected chi connectivity index (χ3v) is 2.73. The molecular weight excluding hydrogens is 276 g/mol. The van der Waals surface area contributed by atoms with E-state index < -0.39 is 6.04 Å². The molecule has 1 atom stereocenters. The van der Waals surface area contributed by atoms with E-state index in [1.165, 1.54) is 0 Å². The van der Waals surface area contributed by atoms with Crippen LogP contribution < -0.4 is 21.7 Å². The number of carbonyl (C=O) groups excluding carboxylic acids is 2. The molecule has 0 radical (unpaired) electrons. The van der Waals surface area contributed by atoms with Crippen LogP contribution in [0.5, 0.6) is 0 Å². The molecule has 1 unspecified atom stereocenters. The molecule has 6 N–H and O–H groups in total. The number of amides is 2. The lowest BCUT2D eigenvalue weighted by molar-refractivity contribution is -0.127. The van der Waals surface area contributed by atoms with Crippen LogP contribution in [0.4, 0.5) is 0 Å². The average Bonchev–Trinajstić information content (AvgIpc) is 2.46. The van der Waals surface area contributed by atoms with Crippen molar-refractivity contribution in [3.05, 3.63) is 0 Å². The van der Waals surface area contributed by atoms with Gasteiger partial charge in [-0.15, -0.1) is 0 Å². The molecule has 124 valence electrons. The number of ether oxygens (including phenoxy) is 1. The van der Waals surface area contributed by atoms with Gasteiger partial charge in [-0.3, -0.25) is 9.59 Å². The highest BCUT2D eigenvalue weighted by Gasteiger charge is 2.17. The van der Waals surface area contributed by atoms with Crippen LogP contribution in [0.1, 0.15) is 13.8 Å². The van der Waals surface area contributed by atoms with Gasteiger partial charge in [0.25, 0.3) is 0 Å². The number of rotatable bonds is 12. The standard InChI is InChI=1S/C13H28N4O4/c1-10(2)12(14)13(20)17-9-11(19)16-4-3-15-5-7-21-8-6-18/h10,12,15,18H,3-9,14H2,1-2H3,(H,16,19)(H,17,20). The van der Waals surface area contributed by atoms with E-state index in [2.05, 4.69) is 16.0 Å². The molecule has 0 saturated carbocycles. The van der Waals surface area contributed by atoms with E-state index in [0.29, 0.717) is 32.8 Å². The van der Waals surface area contributed by atoms with Crippen LogP contribution in [0.2, 0.25) is 0 Å². The van der Waals surface area contributed by atoms with Crippen molar-refractivity contribution in [2.75, 3.05) is 46.0 Å². The van der Waals surface area contributed by atoms with Crippen LogP contribution in [0.15, 0.2) is 0 Å². The normalized spacial score (nSPS) is 12.2. The van der Waals surface area contributed by atoms with E-state index in [1.54, 1.807) is 0 Å². The molecule has 21 heavy (non-hydrogen) atoms. The number of aliphatic hydroxyl groups is 1. The SMILES string of the molecule is CC(C)C(N)C(=O)NCC(=O)NCCNCCOCCO. The molecule has 0 aromatic rings. The molecule has 0 aromatic carbocycles. The fourth-order valence-electron chi connectivity index (χ4n) is 1.38. The van der Waals surface area contributed by atoms with Gasteiger partial charge in [0.1, 0.15) is 0 Å². The summed E-state index contributed by atoms with van der Waals surface area (Å²) in [5, 5.41) is 16.7. The zero-order chi connectivity index (χ0) is 16.1. The molecule has 0 saturated heterocycles. The van der Waals surface area contributed by atoms with Gasteiger partial charge in [-0.1, -0.05) is 13.8 Å². The molecule has 8 nitrogen and oxygen atoms in total. The Morgan fingerprint density at radius 3 is 2.48 bits per heavy atom. The third-order valence-electron chi connectivity index (χ3n) is 2.73.